The van der Waals surface area contributed by atoms with Gasteiger partial charge in [-0.1, -0.05) is 27.2 Å². The van der Waals surface area contributed by atoms with Gasteiger partial charge >= 0.3 is 0 Å². The Morgan fingerprint density at radius 1 is 1.35 bits per heavy atom. The monoisotopic (exact) mass is 239 g/mol. The van der Waals surface area contributed by atoms with Crippen molar-refractivity contribution in [1.29, 1.82) is 0 Å². The number of aryl methyl sites for hydroxylation is 2. The highest BCUT2D eigenvalue weighted by Gasteiger charge is 2.14. The van der Waals surface area contributed by atoms with E-state index in [4.69, 9.17) is 10.5 Å². The summed E-state index contributed by atoms with van der Waals surface area (Å²) in [5, 5.41) is 4.39. The van der Waals surface area contributed by atoms with Crippen LogP contribution < -0.4 is 10.5 Å². The summed E-state index contributed by atoms with van der Waals surface area (Å²) in [6, 6.07) is 0. The van der Waals surface area contributed by atoms with Crippen molar-refractivity contribution in [2.75, 3.05) is 12.3 Å². The maximum Gasteiger partial charge on any atom is 0.236 e. The van der Waals surface area contributed by atoms with E-state index in [9.17, 15) is 0 Å². The summed E-state index contributed by atoms with van der Waals surface area (Å²) in [6.45, 7) is 10.0. The molecule has 0 aliphatic rings. The highest BCUT2D eigenvalue weighted by molar-refractivity contribution is 5.52. The van der Waals surface area contributed by atoms with E-state index in [0.717, 1.165) is 24.5 Å². The van der Waals surface area contributed by atoms with Crippen LogP contribution in [0.1, 0.15) is 45.7 Å². The summed E-state index contributed by atoms with van der Waals surface area (Å²) in [6.07, 6.45) is 3.40. The van der Waals surface area contributed by atoms with Crippen LogP contribution in [0.5, 0.6) is 5.88 Å². The van der Waals surface area contributed by atoms with Crippen LogP contribution in [0, 0.1) is 12.8 Å². The number of hydrogen-bond acceptors (Lipinski definition) is 3. The SMILES string of the molecule is CCCC(C)COc1c(N)c(C)nn1CCC. The zero-order chi connectivity index (χ0) is 12.8. The molecule has 0 saturated heterocycles. The molecule has 1 rings (SSSR count). The highest BCUT2D eigenvalue weighted by Crippen LogP contribution is 2.25. The Morgan fingerprint density at radius 2 is 2.06 bits per heavy atom. The molecule has 1 atom stereocenters. The normalized spacial score (nSPS) is 12.7. The molecule has 1 unspecified atom stereocenters. The fourth-order valence-electron chi connectivity index (χ4n) is 1.89. The van der Waals surface area contributed by atoms with Crippen molar-refractivity contribution in [2.24, 2.45) is 5.92 Å². The van der Waals surface area contributed by atoms with Gasteiger partial charge in [-0.3, -0.25) is 0 Å². The quantitative estimate of drug-likeness (QED) is 0.795. The number of aromatic nitrogens is 2. The van der Waals surface area contributed by atoms with Crippen LogP contribution in [0.15, 0.2) is 0 Å². The van der Waals surface area contributed by atoms with Gasteiger partial charge in [-0.15, -0.1) is 0 Å². The van der Waals surface area contributed by atoms with Gasteiger partial charge < -0.3 is 10.5 Å². The molecular formula is C13H25N3O. The molecule has 1 heterocycles. The lowest BCUT2D eigenvalue weighted by atomic mass is 10.1. The molecular weight excluding hydrogens is 214 g/mol. The van der Waals surface area contributed by atoms with E-state index in [1.54, 1.807) is 0 Å². The number of hydrogen-bond donors (Lipinski definition) is 1. The van der Waals surface area contributed by atoms with Gasteiger partial charge in [0.2, 0.25) is 5.88 Å². The topological polar surface area (TPSA) is 53.1 Å². The van der Waals surface area contributed by atoms with Crippen molar-refractivity contribution in [2.45, 2.75) is 53.5 Å². The second-order valence-electron chi connectivity index (χ2n) is 4.73. The van der Waals surface area contributed by atoms with Crippen molar-refractivity contribution in [3.63, 3.8) is 0 Å². The van der Waals surface area contributed by atoms with Gasteiger partial charge in [0, 0.05) is 6.54 Å². The highest BCUT2D eigenvalue weighted by atomic mass is 16.5. The fraction of sp³-hybridized carbons (Fsp3) is 0.769. The van der Waals surface area contributed by atoms with Crippen LogP contribution in [-0.2, 0) is 6.54 Å². The lowest BCUT2D eigenvalue weighted by molar-refractivity contribution is 0.230. The minimum absolute atomic E-state index is 0.560. The second kappa shape index (κ2) is 6.52. The van der Waals surface area contributed by atoms with E-state index < -0.39 is 0 Å². The average molecular weight is 239 g/mol. The number of rotatable bonds is 7. The van der Waals surface area contributed by atoms with Crippen molar-refractivity contribution in [3.05, 3.63) is 5.69 Å². The zero-order valence-electron chi connectivity index (χ0n) is 11.5. The Labute approximate surface area is 104 Å². The first-order valence-corrected chi connectivity index (χ1v) is 6.55. The van der Waals surface area contributed by atoms with Crippen LogP contribution >= 0.6 is 0 Å². The van der Waals surface area contributed by atoms with E-state index in [1.807, 2.05) is 11.6 Å². The number of nitrogen functional groups attached to an aromatic ring is 1. The van der Waals surface area contributed by atoms with Crippen molar-refractivity contribution < 1.29 is 4.74 Å². The van der Waals surface area contributed by atoms with Crippen molar-refractivity contribution in [3.8, 4) is 5.88 Å². The molecule has 2 N–H and O–H groups in total. The van der Waals surface area contributed by atoms with Crippen molar-refractivity contribution >= 4 is 5.69 Å². The third-order valence-corrected chi connectivity index (χ3v) is 2.85. The minimum atomic E-state index is 0.560. The first-order chi connectivity index (χ1) is 8.10. The molecule has 0 fully saturated rings. The minimum Gasteiger partial charge on any atom is -0.476 e. The molecule has 0 aromatic carbocycles. The molecule has 4 nitrogen and oxygen atoms in total. The molecule has 0 aliphatic heterocycles. The maximum atomic E-state index is 5.99. The van der Waals surface area contributed by atoms with Crippen LogP contribution in [0.3, 0.4) is 0 Å². The van der Waals surface area contributed by atoms with Gasteiger partial charge in [0.15, 0.2) is 0 Å². The number of ether oxygens (including phenoxy) is 1. The predicted octanol–water partition coefficient (Wildman–Crippen LogP) is 3.00. The fourth-order valence-corrected chi connectivity index (χ4v) is 1.89. The van der Waals surface area contributed by atoms with Crippen LogP contribution in [0.25, 0.3) is 0 Å². The number of anilines is 1. The lowest BCUT2D eigenvalue weighted by Crippen LogP contribution is -2.12. The number of nitrogens with zero attached hydrogens (tertiary/aromatic N) is 2. The van der Waals surface area contributed by atoms with Crippen LogP contribution in [-0.4, -0.2) is 16.4 Å². The Bertz CT molecular complexity index is 347. The molecule has 0 bridgehead atoms. The number of nitrogens with two attached hydrogens (primary N) is 1. The Morgan fingerprint density at radius 3 is 2.65 bits per heavy atom. The molecule has 98 valence electrons. The molecule has 0 saturated carbocycles. The third-order valence-electron chi connectivity index (χ3n) is 2.85. The summed E-state index contributed by atoms with van der Waals surface area (Å²) in [4.78, 5) is 0. The van der Waals surface area contributed by atoms with E-state index in [0.29, 0.717) is 18.2 Å². The van der Waals surface area contributed by atoms with Gasteiger partial charge in [0.1, 0.15) is 5.69 Å². The molecule has 0 radical (unpaired) electrons. The zero-order valence-corrected chi connectivity index (χ0v) is 11.5. The van der Waals surface area contributed by atoms with Crippen LogP contribution in [0.4, 0.5) is 5.69 Å². The molecule has 4 heteroatoms. The maximum absolute atomic E-state index is 5.99. The lowest BCUT2D eigenvalue weighted by Gasteiger charge is -2.13. The van der Waals surface area contributed by atoms with Gasteiger partial charge in [-0.05, 0) is 25.7 Å². The summed E-state index contributed by atoms with van der Waals surface area (Å²) < 4.78 is 7.71. The van der Waals surface area contributed by atoms with Crippen molar-refractivity contribution in [1.82, 2.24) is 9.78 Å². The first kappa shape index (κ1) is 13.9. The third kappa shape index (κ3) is 3.65. The van der Waals surface area contributed by atoms with Gasteiger partial charge in [-0.25, -0.2) is 4.68 Å². The second-order valence-corrected chi connectivity index (χ2v) is 4.73. The van der Waals surface area contributed by atoms with E-state index in [1.165, 1.54) is 12.8 Å². The standard InChI is InChI=1S/C13H25N3O/c1-5-7-10(3)9-17-13-12(14)11(4)15-16(13)8-6-2/h10H,5-9,14H2,1-4H3. The van der Waals surface area contributed by atoms with Gasteiger partial charge in [0.05, 0.1) is 12.3 Å². The van der Waals surface area contributed by atoms with Gasteiger partial charge in [0.25, 0.3) is 0 Å². The molecule has 1 aromatic heterocycles. The summed E-state index contributed by atoms with van der Waals surface area (Å²) >= 11 is 0. The van der Waals surface area contributed by atoms with E-state index in [2.05, 4.69) is 25.9 Å². The molecule has 0 aliphatic carbocycles. The van der Waals surface area contributed by atoms with Crippen LogP contribution in [0.2, 0.25) is 0 Å². The Kier molecular flexibility index (Phi) is 5.32. The predicted molar refractivity (Wildman–Crippen MR) is 71.2 cm³/mol. The average Bonchev–Trinajstić information content (AvgIpc) is 2.54. The molecule has 1 aromatic rings. The Balaban J connectivity index is 2.68. The summed E-state index contributed by atoms with van der Waals surface area (Å²) in [5.41, 5.74) is 7.53. The Hall–Kier alpha value is -1.19. The summed E-state index contributed by atoms with van der Waals surface area (Å²) in [7, 11) is 0. The largest absolute Gasteiger partial charge is 0.476 e. The molecule has 0 spiro atoms. The smallest absolute Gasteiger partial charge is 0.236 e. The molecule has 0 amide bonds. The van der Waals surface area contributed by atoms with E-state index >= 15 is 0 Å². The summed E-state index contributed by atoms with van der Waals surface area (Å²) in [5.74, 6) is 1.30. The van der Waals surface area contributed by atoms with Gasteiger partial charge in [-0.2, -0.15) is 5.10 Å². The first-order valence-electron chi connectivity index (χ1n) is 6.55. The molecule has 17 heavy (non-hydrogen) atoms. The van der Waals surface area contributed by atoms with E-state index in [-0.39, 0.29) is 0 Å².